The lowest BCUT2D eigenvalue weighted by atomic mass is 10.2. The molecule has 3 N–H and O–H groups in total. The fourth-order valence-corrected chi connectivity index (χ4v) is 2.90. The lowest BCUT2D eigenvalue weighted by molar-refractivity contribution is -0.0831. The van der Waals surface area contributed by atoms with Crippen molar-refractivity contribution < 1.29 is 37.0 Å². The third kappa shape index (κ3) is 3.62. The molecule has 1 unspecified atom stereocenters. The summed E-state index contributed by atoms with van der Waals surface area (Å²) in [5, 5.41) is 9.17. The van der Waals surface area contributed by atoms with E-state index < -0.39 is 56.2 Å². The van der Waals surface area contributed by atoms with Crippen LogP contribution in [-0.2, 0) is 13.8 Å². The highest BCUT2D eigenvalue weighted by Crippen LogP contribution is 2.60. The van der Waals surface area contributed by atoms with Crippen molar-refractivity contribution in [2.24, 2.45) is 0 Å². The lowest BCUT2D eigenvalue weighted by Gasteiger charge is -2.21. The molecule has 0 spiro atoms. The quantitative estimate of drug-likeness (QED) is 0.643. The smallest absolute Gasteiger partial charge is 0.394 e. The maximum Gasteiger partial charge on any atom is 0.493 e. The highest BCUT2D eigenvalue weighted by Gasteiger charge is 2.55. The normalized spacial score (nSPS) is 27.2. The van der Waals surface area contributed by atoms with Gasteiger partial charge in [-0.2, -0.15) is 13.2 Å². The Balaban J connectivity index is 2.27. The standard InChI is InChI=1S/C11H14F3N2O7P/c1-5-3-16(10(19)15-9(5)18)8-2-6(7(4-17)22-8)23-24(20,21)11(12,13)14/h3,6-8,17H,2,4H2,1H3,(H,20,21)(H,15,18,19)/t6-,7+,8+/m0/s1. The topological polar surface area (TPSA) is 131 Å². The Morgan fingerprint density at radius 3 is 2.67 bits per heavy atom. The van der Waals surface area contributed by atoms with Crippen LogP contribution in [0.4, 0.5) is 13.2 Å². The summed E-state index contributed by atoms with van der Waals surface area (Å²) in [6.07, 6.45) is -3.38. The van der Waals surface area contributed by atoms with E-state index in [2.05, 4.69) is 4.52 Å². The van der Waals surface area contributed by atoms with Crippen LogP contribution < -0.4 is 11.2 Å². The third-order valence-electron chi connectivity index (χ3n) is 3.42. The number of ether oxygens (including phenoxy) is 1. The molecule has 2 heterocycles. The molecule has 1 saturated heterocycles. The summed E-state index contributed by atoms with van der Waals surface area (Å²) in [6.45, 7) is 0.600. The number of aliphatic hydroxyl groups is 1. The molecule has 0 saturated carbocycles. The van der Waals surface area contributed by atoms with Crippen LogP contribution in [0.5, 0.6) is 0 Å². The van der Waals surface area contributed by atoms with Crippen LogP contribution in [0.25, 0.3) is 0 Å². The van der Waals surface area contributed by atoms with Gasteiger partial charge in [0.2, 0.25) is 0 Å². The van der Waals surface area contributed by atoms with Crippen LogP contribution in [-0.4, -0.2) is 44.3 Å². The van der Waals surface area contributed by atoms with Crippen molar-refractivity contribution in [2.75, 3.05) is 6.61 Å². The first-order chi connectivity index (χ1) is 11.0. The van der Waals surface area contributed by atoms with Crippen molar-refractivity contribution in [2.45, 2.75) is 37.7 Å². The van der Waals surface area contributed by atoms with Crippen molar-refractivity contribution in [1.29, 1.82) is 0 Å². The monoisotopic (exact) mass is 374 g/mol. The summed E-state index contributed by atoms with van der Waals surface area (Å²) in [4.78, 5) is 34.0. The minimum atomic E-state index is -5.96. The second-order valence-electron chi connectivity index (χ2n) is 5.16. The molecule has 136 valence electrons. The number of nitrogens with one attached hydrogen (secondary N) is 1. The number of nitrogens with zero attached hydrogens (tertiary/aromatic N) is 1. The molecule has 24 heavy (non-hydrogen) atoms. The summed E-state index contributed by atoms with van der Waals surface area (Å²) in [7, 11) is -5.96. The van der Waals surface area contributed by atoms with E-state index in [0.29, 0.717) is 0 Å². The van der Waals surface area contributed by atoms with Gasteiger partial charge in [-0.15, -0.1) is 0 Å². The zero-order chi connectivity index (χ0) is 18.3. The van der Waals surface area contributed by atoms with Crippen LogP contribution in [0, 0.1) is 6.92 Å². The van der Waals surface area contributed by atoms with Crippen LogP contribution in [0.1, 0.15) is 18.2 Å². The first-order valence-corrected chi connectivity index (χ1v) is 8.20. The van der Waals surface area contributed by atoms with Crippen LogP contribution in [0.3, 0.4) is 0 Å². The maximum absolute atomic E-state index is 12.5. The van der Waals surface area contributed by atoms with Gasteiger partial charge < -0.3 is 14.7 Å². The molecule has 2 rings (SSSR count). The first kappa shape index (κ1) is 18.9. The molecular formula is C11H14F3N2O7P. The van der Waals surface area contributed by atoms with Crippen molar-refractivity contribution in [3.8, 4) is 0 Å². The van der Waals surface area contributed by atoms with Gasteiger partial charge in [-0.05, 0) is 6.92 Å². The number of aromatic nitrogens is 2. The summed E-state index contributed by atoms with van der Waals surface area (Å²) in [6, 6.07) is 0. The van der Waals surface area contributed by atoms with Crippen LogP contribution >= 0.6 is 7.60 Å². The lowest BCUT2D eigenvalue weighted by Crippen LogP contribution is -2.33. The van der Waals surface area contributed by atoms with Gasteiger partial charge in [-0.3, -0.25) is 23.4 Å². The van der Waals surface area contributed by atoms with Gasteiger partial charge >= 0.3 is 19.2 Å². The molecular weight excluding hydrogens is 360 g/mol. The number of rotatable bonds is 4. The number of aliphatic hydroxyl groups excluding tert-OH is 1. The van der Waals surface area contributed by atoms with Crippen molar-refractivity contribution in [3.63, 3.8) is 0 Å². The molecule has 0 amide bonds. The van der Waals surface area contributed by atoms with E-state index in [0.717, 1.165) is 10.8 Å². The van der Waals surface area contributed by atoms with Gasteiger partial charge in [0.1, 0.15) is 18.4 Å². The summed E-state index contributed by atoms with van der Waals surface area (Å²) >= 11 is 0. The zero-order valence-electron chi connectivity index (χ0n) is 12.2. The summed E-state index contributed by atoms with van der Waals surface area (Å²) in [5.41, 5.74) is -1.38. The first-order valence-electron chi connectivity index (χ1n) is 6.62. The van der Waals surface area contributed by atoms with E-state index in [4.69, 9.17) is 14.7 Å². The molecule has 0 bridgehead atoms. The Bertz CT molecular complexity index is 774. The highest BCUT2D eigenvalue weighted by molar-refractivity contribution is 7.53. The van der Waals surface area contributed by atoms with Gasteiger partial charge in [0, 0.05) is 18.2 Å². The second kappa shape index (κ2) is 6.45. The molecule has 1 aromatic heterocycles. The largest absolute Gasteiger partial charge is 0.493 e. The predicted octanol–water partition coefficient (Wildman–Crippen LogP) is 0.215. The molecule has 1 aromatic rings. The highest BCUT2D eigenvalue weighted by atomic mass is 31.2. The summed E-state index contributed by atoms with van der Waals surface area (Å²) in [5.74, 6) is -5.49. The number of alkyl halides is 3. The van der Waals surface area contributed by atoms with Gasteiger partial charge in [0.25, 0.3) is 5.56 Å². The Morgan fingerprint density at radius 2 is 2.12 bits per heavy atom. The van der Waals surface area contributed by atoms with Crippen molar-refractivity contribution in [1.82, 2.24) is 9.55 Å². The van der Waals surface area contributed by atoms with E-state index in [1.54, 1.807) is 0 Å². The molecule has 1 aliphatic rings. The Labute approximate surface area is 132 Å². The molecule has 1 aliphatic heterocycles. The van der Waals surface area contributed by atoms with Gasteiger partial charge in [-0.25, -0.2) is 4.79 Å². The number of hydrogen-bond donors (Lipinski definition) is 3. The maximum atomic E-state index is 12.5. The second-order valence-corrected chi connectivity index (χ2v) is 6.92. The van der Waals surface area contributed by atoms with E-state index in [1.807, 2.05) is 4.98 Å². The SMILES string of the molecule is Cc1cn([C@H]2C[C@H](OP(=O)(O)C(F)(F)F)[C@@H](CO)O2)c(=O)[nH]c1=O. The van der Waals surface area contributed by atoms with Crippen molar-refractivity contribution >= 4 is 7.60 Å². The Kier molecular flexibility index (Phi) is 5.07. The minimum absolute atomic E-state index is 0.145. The molecule has 1 fully saturated rings. The van der Waals surface area contributed by atoms with Crippen LogP contribution in [0.2, 0.25) is 0 Å². The Hall–Kier alpha value is -1.46. The van der Waals surface area contributed by atoms with E-state index in [9.17, 15) is 27.3 Å². The van der Waals surface area contributed by atoms with Crippen LogP contribution in [0.15, 0.2) is 15.8 Å². The molecule has 0 aromatic carbocycles. The zero-order valence-corrected chi connectivity index (χ0v) is 13.1. The van der Waals surface area contributed by atoms with Gasteiger partial charge in [-0.1, -0.05) is 0 Å². The number of hydrogen-bond acceptors (Lipinski definition) is 6. The Morgan fingerprint density at radius 1 is 1.50 bits per heavy atom. The fraction of sp³-hybridized carbons (Fsp3) is 0.636. The third-order valence-corrected chi connectivity index (χ3v) is 4.61. The van der Waals surface area contributed by atoms with E-state index >= 15 is 0 Å². The number of aryl methyl sites for hydroxylation is 1. The van der Waals surface area contributed by atoms with Gasteiger partial charge in [0.15, 0.2) is 0 Å². The van der Waals surface area contributed by atoms with Gasteiger partial charge in [0.05, 0.1) is 6.61 Å². The minimum Gasteiger partial charge on any atom is -0.394 e. The predicted molar refractivity (Wildman–Crippen MR) is 72.4 cm³/mol. The van der Waals surface area contributed by atoms with Crippen molar-refractivity contribution in [3.05, 3.63) is 32.6 Å². The molecule has 13 heteroatoms. The summed E-state index contributed by atoms with van der Waals surface area (Å²) < 4.78 is 58.9. The number of H-pyrrole nitrogens is 1. The average molecular weight is 374 g/mol. The fourth-order valence-electron chi connectivity index (χ4n) is 2.19. The molecule has 9 nitrogen and oxygen atoms in total. The number of aromatic amines is 1. The average Bonchev–Trinajstić information content (AvgIpc) is 2.83. The van der Waals surface area contributed by atoms with E-state index in [1.165, 1.54) is 6.92 Å². The molecule has 0 radical (unpaired) electrons. The van der Waals surface area contributed by atoms with E-state index in [-0.39, 0.29) is 5.56 Å². The number of halogens is 3. The molecule has 4 atom stereocenters. The molecule has 0 aliphatic carbocycles.